The molecule has 0 bridgehead atoms. The Hall–Kier alpha value is -1.86. The van der Waals surface area contributed by atoms with Crippen molar-refractivity contribution in [3.05, 3.63) is 35.7 Å². The third kappa shape index (κ3) is 3.12. The summed E-state index contributed by atoms with van der Waals surface area (Å²) in [6, 6.07) is 2.98. The Morgan fingerprint density at radius 1 is 1.32 bits per heavy atom. The number of nitrogens with zero attached hydrogens (tertiary/aromatic N) is 3. The van der Waals surface area contributed by atoms with Crippen LogP contribution in [0.5, 0.6) is 0 Å². The van der Waals surface area contributed by atoms with Crippen LogP contribution < -0.4 is 5.73 Å². The molecule has 7 heteroatoms. The predicted octanol–water partition coefficient (Wildman–Crippen LogP) is 1.58. The topological polar surface area (TPSA) is 68.2 Å². The van der Waals surface area contributed by atoms with Gasteiger partial charge in [0, 0.05) is 12.1 Å². The number of halogens is 2. The molecule has 1 unspecified atom stereocenters. The Bertz CT molecular complexity index is 571. The van der Waals surface area contributed by atoms with Crippen LogP contribution in [-0.4, -0.2) is 35.7 Å². The van der Waals surface area contributed by atoms with E-state index in [0.717, 1.165) is 12.1 Å². The number of aromatic nitrogens is 2. The second kappa shape index (κ2) is 5.41. The first-order valence-corrected chi connectivity index (χ1v) is 5.66. The number of benzene rings is 1. The minimum absolute atomic E-state index is 0.114. The molecule has 0 saturated carbocycles. The van der Waals surface area contributed by atoms with Gasteiger partial charge in [0.1, 0.15) is 0 Å². The molecule has 0 spiro atoms. The summed E-state index contributed by atoms with van der Waals surface area (Å²) in [5.74, 6) is -1.45. The monoisotopic (exact) mass is 268 g/mol. The van der Waals surface area contributed by atoms with Gasteiger partial charge in [-0.15, -0.1) is 0 Å². The average Bonchev–Trinajstić information content (AvgIpc) is 2.81. The summed E-state index contributed by atoms with van der Waals surface area (Å²) in [4.78, 5) is 5.97. The van der Waals surface area contributed by atoms with Crippen LogP contribution in [-0.2, 0) is 0 Å². The fourth-order valence-electron chi connectivity index (χ4n) is 1.61. The second-order valence-corrected chi connectivity index (χ2v) is 4.46. The van der Waals surface area contributed by atoms with Gasteiger partial charge in [-0.1, -0.05) is 5.16 Å². The lowest BCUT2D eigenvalue weighted by atomic mass is 10.2. The van der Waals surface area contributed by atoms with Gasteiger partial charge in [0.15, 0.2) is 17.5 Å². The van der Waals surface area contributed by atoms with Crippen LogP contribution in [0.3, 0.4) is 0 Å². The van der Waals surface area contributed by atoms with Gasteiger partial charge in [-0.25, -0.2) is 8.78 Å². The molecule has 1 heterocycles. The normalized spacial score (nSPS) is 12.9. The Kier molecular flexibility index (Phi) is 3.87. The van der Waals surface area contributed by atoms with Gasteiger partial charge in [-0.3, -0.25) is 0 Å². The van der Waals surface area contributed by atoms with Crippen LogP contribution >= 0.6 is 0 Å². The van der Waals surface area contributed by atoms with Crippen molar-refractivity contribution in [1.29, 1.82) is 0 Å². The first kappa shape index (κ1) is 13.6. The first-order valence-electron chi connectivity index (χ1n) is 5.66. The maximum atomic E-state index is 13.1. The molecular weight excluding hydrogens is 254 g/mol. The van der Waals surface area contributed by atoms with Crippen LogP contribution in [0.1, 0.15) is 11.9 Å². The second-order valence-electron chi connectivity index (χ2n) is 4.46. The van der Waals surface area contributed by atoms with E-state index in [4.69, 9.17) is 10.3 Å². The zero-order valence-electron chi connectivity index (χ0n) is 10.6. The summed E-state index contributed by atoms with van der Waals surface area (Å²) in [6.07, 6.45) is 0. The van der Waals surface area contributed by atoms with E-state index >= 15 is 0 Å². The lowest BCUT2D eigenvalue weighted by Crippen LogP contribution is -2.26. The molecule has 0 saturated heterocycles. The molecule has 0 amide bonds. The average molecular weight is 268 g/mol. The largest absolute Gasteiger partial charge is 0.334 e. The van der Waals surface area contributed by atoms with Gasteiger partial charge >= 0.3 is 0 Å². The third-order valence-corrected chi connectivity index (χ3v) is 2.50. The lowest BCUT2D eigenvalue weighted by Gasteiger charge is -2.12. The van der Waals surface area contributed by atoms with E-state index in [9.17, 15) is 8.78 Å². The van der Waals surface area contributed by atoms with Crippen LogP contribution in [0.15, 0.2) is 22.7 Å². The fourth-order valence-corrected chi connectivity index (χ4v) is 1.61. The fraction of sp³-hybridized carbons (Fsp3) is 0.333. The lowest BCUT2D eigenvalue weighted by molar-refractivity contribution is 0.357. The van der Waals surface area contributed by atoms with Crippen molar-refractivity contribution in [2.24, 2.45) is 5.73 Å². The van der Waals surface area contributed by atoms with E-state index in [1.54, 1.807) is 0 Å². The molecule has 1 aromatic heterocycles. The number of nitrogens with two attached hydrogens (primary N) is 1. The predicted molar refractivity (Wildman–Crippen MR) is 65.1 cm³/mol. The quantitative estimate of drug-likeness (QED) is 0.911. The van der Waals surface area contributed by atoms with Gasteiger partial charge in [0.05, 0.1) is 6.04 Å². The summed E-state index contributed by atoms with van der Waals surface area (Å²) in [7, 11) is 3.74. The Morgan fingerprint density at radius 2 is 2.05 bits per heavy atom. The van der Waals surface area contributed by atoms with E-state index in [1.165, 1.54) is 6.07 Å². The maximum absolute atomic E-state index is 13.1. The van der Waals surface area contributed by atoms with Crippen LogP contribution in [0.2, 0.25) is 0 Å². The SMILES string of the molecule is CN(C)CC(N)c1noc(-c2ccc(F)c(F)c2)n1. The molecule has 5 nitrogen and oxygen atoms in total. The number of hydrogen-bond acceptors (Lipinski definition) is 5. The van der Waals surface area contributed by atoms with Crippen molar-refractivity contribution < 1.29 is 13.3 Å². The highest BCUT2D eigenvalue weighted by Gasteiger charge is 2.16. The van der Waals surface area contributed by atoms with Crippen LogP contribution in [0.25, 0.3) is 11.5 Å². The highest BCUT2D eigenvalue weighted by Crippen LogP contribution is 2.21. The molecular formula is C12H14F2N4O. The van der Waals surface area contributed by atoms with Gasteiger partial charge in [-0.05, 0) is 32.3 Å². The van der Waals surface area contributed by atoms with Crippen molar-refractivity contribution in [2.45, 2.75) is 6.04 Å². The molecule has 0 radical (unpaired) electrons. The summed E-state index contributed by atoms with van der Waals surface area (Å²) in [5, 5.41) is 3.74. The van der Waals surface area contributed by atoms with E-state index in [0.29, 0.717) is 17.9 Å². The summed E-state index contributed by atoms with van der Waals surface area (Å²) < 4.78 is 30.9. The number of hydrogen-bond donors (Lipinski definition) is 1. The summed E-state index contributed by atoms with van der Waals surface area (Å²) in [5.41, 5.74) is 6.20. The third-order valence-electron chi connectivity index (χ3n) is 2.50. The van der Waals surface area contributed by atoms with Crippen LogP contribution in [0.4, 0.5) is 8.78 Å². The van der Waals surface area contributed by atoms with Crippen molar-refractivity contribution >= 4 is 0 Å². The van der Waals surface area contributed by atoms with Gasteiger partial charge < -0.3 is 15.2 Å². The highest BCUT2D eigenvalue weighted by atomic mass is 19.2. The minimum Gasteiger partial charge on any atom is -0.334 e. The summed E-state index contributed by atoms with van der Waals surface area (Å²) >= 11 is 0. The molecule has 0 aliphatic rings. The van der Waals surface area contributed by atoms with Crippen molar-refractivity contribution in [2.75, 3.05) is 20.6 Å². The molecule has 2 aromatic rings. The van der Waals surface area contributed by atoms with Gasteiger partial charge in [0.25, 0.3) is 5.89 Å². The zero-order valence-corrected chi connectivity index (χ0v) is 10.6. The standard InChI is InChI=1S/C12H14F2N4O/c1-18(2)6-10(15)11-16-12(19-17-11)7-3-4-8(13)9(14)5-7/h3-5,10H,6,15H2,1-2H3. The Labute approximate surface area is 109 Å². The smallest absolute Gasteiger partial charge is 0.258 e. The van der Waals surface area contributed by atoms with Crippen LogP contribution in [0, 0.1) is 11.6 Å². The first-order chi connectivity index (χ1) is 8.97. The van der Waals surface area contributed by atoms with Gasteiger partial charge in [-0.2, -0.15) is 4.98 Å². The van der Waals surface area contributed by atoms with Crippen molar-refractivity contribution in [1.82, 2.24) is 15.0 Å². The molecule has 0 aliphatic heterocycles. The van der Waals surface area contributed by atoms with E-state index in [1.807, 2.05) is 19.0 Å². The van der Waals surface area contributed by atoms with E-state index in [2.05, 4.69) is 10.1 Å². The number of likely N-dealkylation sites (N-methyl/N-ethyl adjacent to an activating group) is 1. The maximum Gasteiger partial charge on any atom is 0.258 e. The van der Waals surface area contributed by atoms with Crippen molar-refractivity contribution in [3.63, 3.8) is 0 Å². The molecule has 19 heavy (non-hydrogen) atoms. The Morgan fingerprint density at radius 3 is 2.68 bits per heavy atom. The Balaban J connectivity index is 2.22. The van der Waals surface area contributed by atoms with Gasteiger partial charge in [0.2, 0.25) is 0 Å². The molecule has 0 aliphatic carbocycles. The number of rotatable bonds is 4. The minimum atomic E-state index is -0.963. The molecule has 102 valence electrons. The van der Waals surface area contributed by atoms with E-state index < -0.39 is 17.7 Å². The molecule has 1 atom stereocenters. The molecule has 0 fully saturated rings. The van der Waals surface area contributed by atoms with Crippen molar-refractivity contribution in [3.8, 4) is 11.5 Å². The highest BCUT2D eigenvalue weighted by molar-refractivity contribution is 5.52. The summed E-state index contributed by atoms with van der Waals surface area (Å²) in [6.45, 7) is 0.552. The van der Waals surface area contributed by atoms with E-state index in [-0.39, 0.29) is 5.89 Å². The molecule has 2 N–H and O–H groups in total. The molecule has 1 aromatic carbocycles. The molecule has 2 rings (SSSR count). The zero-order chi connectivity index (χ0) is 14.0.